The van der Waals surface area contributed by atoms with Gasteiger partial charge in [-0.25, -0.2) is 17.5 Å². The molecule has 2 atom stereocenters. The maximum Gasteiger partial charge on any atom is 0.222 e. The molecule has 1 amide bonds. The van der Waals surface area contributed by atoms with Crippen molar-refractivity contribution in [3.05, 3.63) is 34.6 Å². The highest BCUT2D eigenvalue weighted by Gasteiger charge is 2.43. The van der Waals surface area contributed by atoms with Crippen LogP contribution in [0.15, 0.2) is 18.2 Å². The Morgan fingerprint density at radius 3 is 2.85 bits per heavy atom. The van der Waals surface area contributed by atoms with E-state index in [4.69, 9.17) is 16.4 Å². The molecule has 1 aromatic carbocycles. The summed E-state index contributed by atoms with van der Waals surface area (Å²) in [4.78, 5) is 18.8. The monoisotopic (exact) mass is 419 g/mol. The number of benzene rings is 1. The number of nitrogens with zero attached hydrogens (tertiary/aromatic N) is 2. The van der Waals surface area contributed by atoms with E-state index in [2.05, 4.69) is 4.72 Å². The molecule has 10 heteroatoms. The summed E-state index contributed by atoms with van der Waals surface area (Å²) in [5, 5.41) is 0.542. The van der Waals surface area contributed by atoms with Crippen molar-refractivity contribution in [1.82, 2.24) is 14.7 Å². The summed E-state index contributed by atoms with van der Waals surface area (Å²) < 4.78 is 41.6. The molecule has 2 heterocycles. The standard InChI is InChI=1S/C17H23ClFN3O4S/c1-21-17(12-5-6-14(19)13(18)10-12)15(11-26-21)27(24,25)20-7-3-9-22-8-2-4-16(22)23/h5-6,10,15,17,20H,2-4,7-9,11H2,1H3. The average molecular weight is 420 g/mol. The van der Waals surface area contributed by atoms with Crippen molar-refractivity contribution in [2.45, 2.75) is 30.6 Å². The average Bonchev–Trinajstić information content (AvgIpc) is 3.20. The zero-order valence-corrected chi connectivity index (χ0v) is 16.6. The summed E-state index contributed by atoms with van der Waals surface area (Å²) in [6.45, 7) is 1.51. The minimum Gasteiger partial charge on any atom is -0.343 e. The molecule has 2 aliphatic rings. The van der Waals surface area contributed by atoms with Crippen LogP contribution in [0.5, 0.6) is 0 Å². The molecule has 150 valence electrons. The lowest BCUT2D eigenvalue weighted by molar-refractivity contribution is -0.127. The Hall–Kier alpha value is -1.26. The van der Waals surface area contributed by atoms with Gasteiger partial charge in [0.05, 0.1) is 17.7 Å². The summed E-state index contributed by atoms with van der Waals surface area (Å²) in [6, 6.07) is 3.56. The molecule has 7 nitrogen and oxygen atoms in total. The van der Waals surface area contributed by atoms with E-state index in [-0.39, 0.29) is 24.1 Å². The Bertz CT molecular complexity index is 807. The molecule has 2 aliphatic heterocycles. The summed E-state index contributed by atoms with van der Waals surface area (Å²) in [5.41, 5.74) is 0.569. The van der Waals surface area contributed by atoms with Crippen molar-refractivity contribution in [2.24, 2.45) is 0 Å². The van der Waals surface area contributed by atoms with Crippen LogP contribution in [0, 0.1) is 5.82 Å². The quantitative estimate of drug-likeness (QED) is 0.680. The SMILES string of the molecule is CN1OCC(S(=O)(=O)NCCCN2CCCC2=O)C1c1ccc(F)c(Cl)c1. The molecule has 2 unspecified atom stereocenters. The van der Waals surface area contributed by atoms with E-state index in [9.17, 15) is 17.6 Å². The van der Waals surface area contributed by atoms with Gasteiger partial charge in [0.25, 0.3) is 0 Å². The number of hydrogen-bond donors (Lipinski definition) is 1. The fraction of sp³-hybridized carbons (Fsp3) is 0.588. The van der Waals surface area contributed by atoms with Crippen molar-refractivity contribution in [3.63, 3.8) is 0 Å². The largest absolute Gasteiger partial charge is 0.343 e. The van der Waals surface area contributed by atoms with Crippen LogP contribution in [0.1, 0.15) is 30.9 Å². The maximum atomic E-state index is 13.4. The number of sulfonamides is 1. The van der Waals surface area contributed by atoms with Crippen LogP contribution in [-0.4, -0.2) is 62.8 Å². The van der Waals surface area contributed by atoms with Crippen LogP contribution in [0.4, 0.5) is 4.39 Å². The molecule has 1 aromatic rings. The zero-order chi connectivity index (χ0) is 19.6. The highest BCUT2D eigenvalue weighted by molar-refractivity contribution is 7.90. The molecule has 2 saturated heterocycles. The third kappa shape index (κ3) is 4.60. The highest BCUT2D eigenvalue weighted by Crippen LogP contribution is 2.34. The Kier molecular flexibility index (Phi) is 6.37. The molecule has 2 fully saturated rings. The van der Waals surface area contributed by atoms with Gasteiger partial charge in [-0.05, 0) is 30.5 Å². The molecule has 0 aromatic heterocycles. The van der Waals surface area contributed by atoms with E-state index < -0.39 is 27.1 Å². The molecular formula is C17H23ClFN3O4S. The minimum absolute atomic E-state index is 0.00386. The lowest BCUT2D eigenvalue weighted by atomic mass is 10.0. The first kappa shape index (κ1) is 20.5. The fourth-order valence-electron chi connectivity index (χ4n) is 3.51. The van der Waals surface area contributed by atoms with E-state index >= 15 is 0 Å². The van der Waals surface area contributed by atoms with Gasteiger partial charge in [-0.3, -0.25) is 9.63 Å². The molecule has 0 spiro atoms. The van der Waals surface area contributed by atoms with Crippen molar-refractivity contribution in [1.29, 1.82) is 0 Å². The van der Waals surface area contributed by atoms with E-state index in [0.29, 0.717) is 24.9 Å². The molecule has 1 N–H and O–H groups in total. The number of carbonyl (C=O) groups excluding carboxylic acids is 1. The number of likely N-dealkylation sites (tertiary alicyclic amines) is 1. The molecule has 0 aliphatic carbocycles. The lowest BCUT2D eigenvalue weighted by Gasteiger charge is -2.23. The van der Waals surface area contributed by atoms with Crippen LogP contribution >= 0.6 is 11.6 Å². The predicted octanol–water partition coefficient (Wildman–Crippen LogP) is 1.70. The smallest absolute Gasteiger partial charge is 0.222 e. The van der Waals surface area contributed by atoms with Crippen LogP contribution in [0.2, 0.25) is 5.02 Å². The number of amides is 1. The number of nitrogens with one attached hydrogen (secondary N) is 1. The first-order valence-corrected chi connectivity index (χ1v) is 10.8. The normalized spacial score (nSPS) is 24.1. The lowest BCUT2D eigenvalue weighted by Crippen LogP contribution is -2.40. The van der Waals surface area contributed by atoms with Gasteiger partial charge in [0.1, 0.15) is 11.1 Å². The molecule has 0 bridgehead atoms. The topological polar surface area (TPSA) is 79.0 Å². The van der Waals surface area contributed by atoms with Gasteiger partial charge in [-0.15, -0.1) is 0 Å². The van der Waals surface area contributed by atoms with Crippen LogP contribution in [0.3, 0.4) is 0 Å². The van der Waals surface area contributed by atoms with Crippen molar-refractivity contribution in [3.8, 4) is 0 Å². The summed E-state index contributed by atoms with van der Waals surface area (Å²) in [7, 11) is -2.04. The maximum absolute atomic E-state index is 13.4. The first-order chi connectivity index (χ1) is 12.8. The van der Waals surface area contributed by atoms with E-state index in [0.717, 1.165) is 13.0 Å². The number of rotatable bonds is 7. The van der Waals surface area contributed by atoms with Gasteiger partial charge in [-0.1, -0.05) is 17.7 Å². The minimum atomic E-state index is -3.68. The van der Waals surface area contributed by atoms with Crippen LogP contribution in [-0.2, 0) is 19.7 Å². The zero-order valence-electron chi connectivity index (χ0n) is 15.0. The molecule has 27 heavy (non-hydrogen) atoms. The number of halogens is 2. The fourth-order valence-corrected chi connectivity index (χ4v) is 5.25. The van der Waals surface area contributed by atoms with Crippen molar-refractivity contribution in [2.75, 3.05) is 33.3 Å². The number of hydrogen-bond acceptors (Lipinski definition) is 5. The Balaban J connectivity index is 1.63. The van der Waals surface area contributed by atoms with Gasteiger partial charge < -0.3 is 4.90 Å². The van der Waals surface area contributed by atoms with Crippen LogP contribution < -0.4 is 4.72 Å². The Labute approximate surface area is 163 Å². The van der Waals surface area contributed by atoms with E-state index in [1.54, 1.807) is 11.9 Å². The number of hydroxylamine groups is 2. The molecular weight excluding hydrogens is 397 g/mol. The van der Waals surface area contributed by atoms with E-state index in [1.165, 1.54) is 23.3 Å². The highest BCUT2D eigenvalue weighted by atomic mass is 35.5. The summed E-state index contributed by atoms with van der Waals surface area (Å²) >= 11 is 5.85. The first-order valence-electron chi connectivity index (χ1n) is 8.86. The summed E-state index contributed by atoms with van der Waals surface area (Å²) in [5.74, 6) is -0.437. The Morgan fingerprint density at radius 1 is 1.41 bits per heavy atom. The molecule has 3 rings (SSSR count). The van der Waals surface area contributed by atoms with Crippen molar-refractivity contribution >= 4 is 27.5 Å². The van der Waals surface area contributed by atoms with Gasteiger partial charge in [0.2, 0.25) is 15.9 Å². The van der Waals surface area contributed by atoms with Gasteiger partial charge in [0, 0.05) is 33.1 Å². The second-order valence-corrected chi connectivity index (χ2v) is 9.17. The molecule has 0 saturated carbocycles. The third-order valence-electron chi connectivity index (χ3n) is 4.95. The van der Waals surface area contributed by atoms with Gasteiger partial charge in [-0.2, -0.15) is 5.06 Å². The van der Waals surface area contributed by atoms with Gasteiger partial charge >= 0.3 is 0 Å². The summed E-state index contributed by atoms with van der Waals surface area (Å²) in [6.07, 6.45) is 1.97. The Morgan fingerprint density at radius 2 is 2.19 bits per heavy atom. The number of carbonyl (C=O) groups is 1. The van der Waals surface area contributed by atoms with Crippen molar-refractivity contribution < 1.29 is 22.4 Å². The predicted molar refractivity (Wildman–Crippen MR) is 99.0 cm³/mol. The van der Waals surface area contributed by atoms with Crippen LogP contribution in [0.25, 0.3) is 0 Å². The van der Waals surface area contributed by atoms with Gasteiger partial charge in [0.15, 0.2) is 0 Å². The second kappa shape index (κ2) is 8.40. The van der Waals surface area contributed by atoms with E-state index in [1.807, 2.05) is 0 Å². The third-order valence-corrected chi connectivity index (χ3v) is 7.04. The molecule has 0 radical (unpaired) electrons. The second-order valence-electron chi connectivity index (χ2n) is 6.78.